The van der Waals surface area contributed by atoms with Gasteiger partial charge in [-0.3, -0.25) is 0 Å². The van der Waals surface area contributed by atoms with Crippen molar-refractivity contribution >= 4 is 11.7 Å². The summed E-state index contributed by atoms with van der Waals surface area (Å²) in [6.45, 7) is 4.25. The highest BCUT2D eigenvalue weighted by molar-refractivity contribution is 5.95. The molecule has 1 rings (SSSR count). The van der Waals surface area contributed by atoms with Gasteiger partial charge in [0.1, 0.15) is 0 Å². The standard InChI is InChI=1S/C11H15NO2/c1-3-7-14-11(13)9-6-4-5-8(2)10(9)12/h4-6H,3,7,12H2,1-2H3. The summed E-state index contributed by atoms with van der Waals surface area (Å²) in [6.07, 6.45) is 0.817. The van der Waals surface area contributed by atoms with Gasteiger partial charge in [0.2, 0.25) is 0 Å². The fourth-order valence-electron chi connectivity index (χ4n) is 1.13. The van der Waals surface area contributed by atoms with E-state index in [1.54, 1.807) is 12.1 Å². The van der Waals surface area contributed by atoms with Gasteiger partial charge < -0.3 is 10.5 Å². The highest BCUT2D eigenvalue weighted by atomic mass is 16.5. The van der Waals surface area contributed by atoms with Gasteiger partial charge in [-0.15, -0.1) is 0 Å². The molecule has 0 aromatic heterocycles. The molecule has 3 heteroatoms. The number of para-hydroxylation sites is 1. The van der Waals surface area contributed by atoms with E-state index in [0.717, 1.165) is 12.0 Å². The van der Waals surface area contributed by atoms with Crippen molar-refractivity contribution in [3.05, 3.63) is 29.3 Å². The van der Waals surface area contributed by atoms with Gasteiger partial charge >= 0.3 is 5.97 Å². The lowest BCUT2D eigenvalue weighted by molar-refractivity contribution is 0.0506. The first-order chi connectivity index (χ1) is 6.66. The molecule has 0 amide bonds. The van der Waals surface area contributed by atoms with Crippen molar-refractivity contribution in [2.45, 2.75) is 20.3 Å². The molecule has 0 saturated carbocycles. The van der Waals surface area contributed by atoms with Crippen LogP contribution in [-0.4, -0.2) is 12.6 Å². The molecular weight excluding hydrogens is 178 g/mol. The number of nitrogen functional groups attached to an aromatic ring is 1. The molecule has 14 heavy (non-hydrogen) atoms. The van der Waals surface area contributed by atoms with Crippen LogP contribution in [0.3, 0.4) is 0 Å². The van der Waals surface area contributed by atoms with Crippen LogP contribution < -0.4 is 5.73 Å². The molecule has 1 aromatic carbocycles. The third-order valence-electron chi connectivity index (χ3n) is 1.98. The van der Waals surface area contributed by atoms with Crippen molar-refractivity contribution in [1.82, 2.24) is 0 Å². The van der Waals surface area contributed by atoms with E-state index in [4.69, 9.17) is 10.5 Å². The molecule has 0 heterocycles. The number of anilines is 1. The maximum atomic E-state index is 11.5. The number of hydrogen-bond donors (Lipinski definition) is 1. The van der Waals surface area contributed by atoms with Crippen LogP contribution in [0.1, 0.15) is 29.3 Å². The number of hydrogen-bond acceptors (Lipinski definition) is 3. The molecule has 0 fully saturated rings. The van der Waals surface area contributed by atoms with Crippen molar-refractivity contribution in [3.8, 4) is 0 Å². The van der Waals surface area contributed by atoms with Crippen LogP contribution in [0.25, 0.3) is 0 Å². The zero-order valence-corrected chi connectivity index (χ0v) is 8.54. The summed E-state index contributed by atoms with van der Waals surface area (Å²) in [6, 6.07) is 5.35. The molecule has 0 bridgehead atoms. The van der Waals surface area contributed by atoms with E-state index in [-0.39, 0.29) is 5.97 Å². The highest BCUT2D eigenvalue weighted by Gasteiger charge is 2.11. The van der Waals surface area contributed by atoms with Gasteiger partial charge in [0.05, 0.1) is 12.2 Å². The van der Waals surface area contributed by atoms with Gasteiger partial charge in [0.25, 0.3) is 0 Å². The van der Waals surface area contributed by atoms with Crippen LogP contribution in [-0.2, 0) is 4.74 Å². The topological polar surface area (TPSA) is 52.3 Å². The monoisotopic (exact) mass is 193 g/mol. The summed E-state index contributed by atoms with van der Waals surface area (Å²) >= 11 is 0. The smallest absolute Gasteiger partial charge is 0.340 e. The third kappa shape index (κ3) is 2.25. The number of benzene rings is 1. The molecule has 0 atom stereocenters. The fraction of sp³-hybridized carbons (Fsp3) is 0.364. The second kappa shape index (κ2) is 4.65. The number of nitrogens with two attached hydrogens (primary N) is 1. The predicted molar refractivity (Wildman–Crippen MR) is 56.2 cm³/mol. The van der Waals surface area contributed by atoms with Crippen molar-refractivity contribution in [3.63, 3.8) is 0 Å². The molecule has 0 saturated heterocycles. The number of rotatable bonds is 3. The summed E-state index contributed by atoms with van der Waals surface area (Å²) < 4.78 is 4.99. The Morgan fingerprint density at radius 1 is 1.50 bits per heavy atom. The molecule has 3 nitrogen and oxygen atoms in total. The Balaban J connectivity index is 2.84. The summed E-state index contributed by atoms with van der Waals surface area (Å²) in [5, 5.41) is 0. The van der Waals surface area contributed by atoms with Gasteiger partial charge in [-0.2, -0.15) is 0 Å². The molecule has 1 aromatic rings. The Morgan fingerprint density at radius 2 is 2.21 bits per heavy atom. The largest absolute Gasteiger partial charge is 0.462 e. The zero-order valence-electron chi connectivity index (χ0n) is 8.54. The SMILES string of the molecule is CCCOC(=O)c1cccc(C)c1N. The average Bonchev–Trinajstić information content (AvgIpc) is 2.18. The predicted octanol–water partition coefficient (Wildman–Crippen LogP) is 2.14. The molecule has 2 N–H and O–H groups in total. The van der Waals surface area contributed by atoms with Gasteiger partial charge in [-0.25, -0.2) is 4.79 Å². The minimum absolute atomic E-state index is 0.340. The van der Waals surface area contributed by atoms with E-state index in [1.165, 1.54) is 0 Å². The van der Waals surface area contributed by atoms with Crippen molar-refractivity contribution < 1.29 is 9.53 Å². The molecule has 0 aliphatic carbocycles. The first-order valence-electron chi connectivity index (χ1n) is 4.69. The molecular formula is C11H15NO2. The lowest BCUT2D eigenvalue weighted by atomic mass is 10.1. The maximum absolute atomic E-state index is 11.5. The number of carbonyl (C=O) groups excluding carboxylic acids is 1. The van der Waals surface area contributed by atoms with E-state index in [1.807, 2.05) is 19.9 Å². The Kier molecular flexibility index (Phi) is 3.51. The van der Waals surface area contributed by atoms with Crippen LogP contribution in [0.5, 0.6) is 0 Å². The molecule has 0 aliphatic heterocycles. The summed E-state index contributed by atoms with van der Waals surface area (Å²) in [5.41, 5.74) is 7.62. The zero-order chi connectivity index (χ0) is 10.6. The Hall–Kier alpha value is -1.51. The van der Waals surface area contributed by atoms with Gasteiger partial charge in [0.15, 0.2) is 0 Å². The number of carbonyl (C=O) groups is 1. The van der Waals surface area contributed by atoms with Crippen molar-refractivity contribution in [1.29, 1.82) is 0 Å². The van der Waals surface area contributed by atoms with Crippen LogP contribution in [0.15, 0.2) is 18.2 Å². The fourth-order valence-corrected chi connectivity index (χ4v) is 1.13. The Bertz CT molecular complexity index is 334. The van der Waals surface area contributed by atoms with Crippen LogP contribution >= 0.6 is 0 Å². The summed E-state index contributed by atoms with van der Waals surface area (Å²) in [4.78, 5) is 11.5. The van der Waals surface area contributed by atoms with Crippen LogP contribution in [0.4, 0.5) is 5.69 Å². The minimum Gasteiger partial charge on any atom is -0.462 e. The minimum atomic E-state index is -0.340. The van der Waals surface area contributed by atoms with E-state index < -0.39 is 0 Å². The molecule has 76 valence electrons. The molecule has 0 aliphatic rings. The lowest BCUT2D eigenvalue weighted by Gasteiger charge is -2.07. The molecule has 0 spiro atoms. The second-order valence-corrected chi connectivity index (χ2v) is 3.17. The first-order valence-corrected chi connectivity index (χ1v) is 4.69. The van der Waals surface area contributed by atoms with Gasteiger partial charge in [0, 0.05) is 5.69 Å². The van der Waals surface area contributed by atoms with E-state index >= 15 is 0 Å². The Labute approximate surface area is 83.9 Å². The Morgan fingerprint density at radius 3 is 2.86 bits per heavy atom. The van der Waals surface area contributed by atoms with Crippen LogP contribution in [0, 0.1) is 6.92 Å². The lowest BCUT2D eigenvalue weighted by Crippen LogP contribution is -2.09. The molecule has 0 radical (unpaired) electrons. The van der Waals surface area contributed by atoms with Gasteiger partial charge in [-0.05, 0) is 25.0 Å². The normalized spacial score (nSPS) is 9.86. The molecule has 0 unspecified atom stereocenters. The average molecular weight is 193 g/mol. The van der Waals surface area contributed by atoms with Crippen molar-refractivity contribution in [2.75, 3.05) is 12.3 Å². The van der Waals surface area contributed by atoms with Gasteiger partial charge in [-0.1, -0.05) is 19.1 Å². The van der Waals surface area contributed by atoms with E-state index in [2.05, 4.69) is 0 Å². The maximum Gasteiger partial charge on any atom is 0.340 e. The summed E-state index contributed by atoms with van der Waals surface area (Å²) in [7, 11) is 0. The van der Waals surface area contributed by atoms with E-state index in [9.17, 15) is 4.79 Å². The first kappa shape index (κ1) is 10.6. The van der Waals surface area contributed by atoms with Crippen LogP contribution in [0.2, 0.25) is 0 Å². The van der Waals surface area contributed by atoms with E-state index in [0.29, 0.717) is 17.9 Å². The number of ether oxygens (including phenoxy) is 1. The summed E-state index contributed by atoms with van der Waals surface area (Å²) in [5.74, 6) is -0.340. The number of aryl methyl sites for hydroxylation is 1. The third-order valence-corrected chi connectivity index (χ3v) is 1.98. The second-order valence-electron chi connectivity index (χ2n) is 3.17. The number of esters is 1. The highest BCUT2D eigenvalue weighted by Crippen LogP contribution is 2.17. The quantitative estimate of drug-likeness (QED) is 0.591. The van der Waals surface area contributed by atoms with Crippen molar-refractivity contribution in [2.24, 2.45) is 0 Å².